The Hall–Kier alpha value is -1.58. The number of fused-ring (bicyclic) bond motifs is 1. The van der Waals surface area contributed by atoms with Gasteiger partial charge in [0, 0.05) is 18.8 Å². The second-order valence-electron chi connectivity index (χ2n) is 6.45. The number of amidine groups is 1. The summed E-state index contributed by atoms with van der Waals surface area (Å²) in [6, 6.07) is 2.12. The molecule has 2 aliphatic rings. The molecule has 20 heavy (non-hydrogen) atoms. The number of aromatic nitrogens is 1. The molecule has 108 valence electrons. The Morgan fingerprint density at radius 2 is 1.90 bits per heavy atom. The van der Waals surface area contributed by atoms with Gasteiger partial charge >= 0.3 is 0 Å². The standard InChI is InChI=1S/C16H24N4/c1-10-8-20(9-11(10)2)16-13(15(17)18)7-12-5-3-4-6-14(12)19-16/h7,10-11H,3-6,8-9H2,1-2H3,(H3,17,18). The van der Waals surface area contributed by atoms with Crippen molar-refractivity contribution in [2.45, 2.75) is 39.5 Å². The maximum Gasteiger partial charge on any atom is 0.139 e. The average Bonchev–Trinajstić information content (AvgIpc) is 2.77. The molecule has 3 N–H and O–H groups in total. The van der Waals surface area contributed by atoms with Crippen LogP contribution in [0, 0.1) is 17.2 Å². The summed E-state index contributed by atoms with van der Waals surface area (Å²) in [6.07, 6.45) is 4.60. The fourth-order valence-corrected chi connectivity index (χ4v) is 3.36. The first-order valence-electron chi connectivity index (χ1n) is 7.68. The number of rotatable bonds is 2. The van der Waals surface area contributed by atoms with Gasteiger partial charge in [0.1, 0.15) is 11.7 Å². The summed E-state index contributed by atoms with van der Waals surface area (Å²) < 4.78 is 0. The molecule has 2 unspecified atom stereocenters. The van der Waals surface area contributed by atoms with Gasteiger partial charge in [-0.15, -0.1) is 0 Å². The minimum Gasteiger partial charge on any atom is -0.384 e. The second-order valence-corrected chi connectivity index (χ2v) is 6.45. The Labute approximate surface area is 120 Å². The molecular formula is C16H24N4. The number of aryl methyl sites for hydroxylation is 2. The number of nitrogens with zero attached hydrogens (tertiary/aromatic N) is 2. The highest BCUT2D eigenvalue weighted by Crippen LogP contribution is 2.31. The van der Waals surface area contributed by atoms with Crippen LogP contribution in [-0.2, 0) is 12.8 Å². The van der Waals surface area contributed by atoms with Crippen molar-refractivity contribution in [2.24, 2.45) is 17.6 Å². The van der Waals surface area contributed by atoms with Crippen LogP contribution in [0.25, 0.3) is 0 Å². The number of nitrogen functional groups attached to an aromatic ring is 1. The Balaban J connectivity index is 2.02. The normalized spacial score (nSPS) is 25.6. The molecule has 0 spiro atoms. The van der Waals surface area contributed by atoms with E-state index in [9.17, 15) is 0 Å². The van der Waals surface area contributed by atoms with Crippen LogP contribution in [0.3, 0.4) is 0 Å². The van der Waals surface area contributed by atoms with Crippen molar-refractivity contribution in [1.82, 2.24) is 4.98 Å². The third kappa shape index (κ3) is 2.28. The number of anilines is 1. The first-order valence-corrected chi connectivity index (χ1v) is 7.68. The van der Waals surface area contributed by atoms with Gasteiger partial charge in [-0.2, -0.15) is 0 Å². The maximum atomic E-state index is 7.87. The zero-order valence-electron chi connectivity index (χ0n) is 12.4. The highest BCUT2D eigenvalue weighted by molar-refractivity contribution is 6.00. The van der Waals surface area contributed by atoms with Crippen molar-refractivity contribution in [1.29, 1.82) is 5.41 Å². The Morgan fingerprint density at radius 1 is 1.25 bits per heavy atom. The minimum atomic E-state index is 0.146. The molecule has 0 bridgehead atoms. The lowest BCUT2D eigenvalue weighted by Gasteiger charge is -2.24. The van der Waals surface area contributed by atoms with Crippen molar-refractivity contribution in [3.05, 3.63) is 22.9 Å². The molecule has 1 aliphatic carbocycles. The lowest BCUT2D eigenvalue weighted by Crippen LogP contribution is -2.27. The quantitative estimate of drug-likeness (QED) is 0.641. The van der Waals surface area contributed by atoms with Crippen molar-refractivity contribution in [3.8, 4) is 0 Å². The van der Waals surface area contributed by atoms with Crippen LogP contribution in [0.4, 0.5) is 5.82 Å². The highest BCUT2D eigenvalue weighted by atomic mass is 15.2. The van der Waals surface area contributed by atoms with Gasteiger partial charge < -0.3 is 10.6 Å². The Morgan fingerprint density at radius 3 is 2.55 bits per heavy atom. The first-order chi connectivity index (χ1) is 9.56. The third-order valence-corrected chi connectivity index (χ3v) is 4.86. The van der Waals surface area contributed by atoms with E-state index in [1.165, 1.54) is 24.1 Å². The maximum absolute atomic E-state index is 7.87. The van der Waals surface area contributed by atoms with Crippen LogP contribution in [0.15, 0.2) is 6.07 Å². The average molecular weight is 272 g/mol. The van der Waals surface area contributed by atoms with Crippen LogP contribution in [0.5, 0.6) is 0 Å². The molecule has 0 saturated carbocycles. The van der Waals surface area contributed by atoms with Gasteiger partial charge in [-0.3, -0.25) is 5.41 Å². The van der Waals surface area contributed by atoms with Gasteiger partial charge in [0.15, 0.2) is 0 Å². The van der Waals surface area contributed by atoms with Gasteiger partial charge in [0.05, 0.1) is 5.56 Å². The fourth-order valence-electron chi connectivity index (χ4n) is 3.36. The van der Waals surface area contributed by atoms with Gasteiger partial charge in [-0.05, 0) is 49.1 Å². The topological polar surface area (TPSA) is 66.0 Å². The van der Waals surface area contributed by atoms with Crippen LogP contribution < -0.4 is 10.6 Å². The predicted octanol–water partition coefficient (Wildman–Crippen LogP) is 2.34. The molecule has 0 aromatic carbocycles. The van der Waals surface area contributed by atoms with E-state index >= 15 is 0 Å². The van der Waals surface area contributed by atoms with Gasteiger partial charge in [-0.25, -0.2) is 4.98 Å². The van der Waals surface area contributed by atoms with Crippen molar-refractivity contribution >= 4 is 11.7 Å². The molecule has 4 nitrogen and oxygen atoms in total. The molecular weight excluding hydrogens is 248 g/mol. The summed E-state index contributed by atoms with van der Waals surface area (Å²) in [7, 11) is 0. The van der Waals surface area contributed by atoms with E-state index in [4.69, 9.17) is 16.1 Å². The van der Waals surface area contributed by atoms with E-state index in [0.717, 1.165) is 37.3 Å². The second kappa shape index (κ2) is 5.08. The van der Waals surface area contributed by atoms with E-state index in [1.54, 1.807) is 0 Å². The summed E-state index contributed by atoms with van der Waals surface area (Å²) >= 11 is 0. The molecule has 2 heterocycles. The zero-order valence-corrected chi connectivity index (χ0v) is 12.4. The number of hydrogen-bond donors (Lipinski definition) is 2. The van der Waals surface area contributed by atoms with E-state index in [-0.39, 0.29) is 5.84 Å². The SMILES string of the molecule is CC1CN(c2nc3c(cc2C(=N)N)CCCC3)CC1C. The molecule has 2 atom stereocenters. The van der Waals surface area contributed by atoms with Crippen molar-refractivity contribution < 1.29 is 0 Å². The molecule has 3 rings (SSSR count). The van der Waals surface area contributed by atoms with Crippen LogP contribution in [0.2, 0.25) is 0 Å². The van der Waals surface area contributed by atoms with Crippen molar-refractivity contribution in [3.63, 3.8) is 0 Å². The zero-order chi connectivity index (χ0) is 14.3. The van der Waals surface area contributed by atoms with E-state index < -0.39 is 0 Å². The minimum absolute atomic E-state index is 0.146. The lowest BCUT2D eigenvalue weighted by atomic mass is 9.94. The molecule has 0 radical (unpaired) electrons. The number of nitrogens with two attached hydrogens (primary N) is 1. The molecule has 1 aromatic rings. The summed E-state index contributed by atoms with van der Waals surface area (Å²) in [5.74, 6) is 2.43. The number of hydrogen-bond acceptors (Lipinski definition) is 3. The summed E-state index contributed by atoms with van der Waals surface area (Å²) in [6.45, 7) is 6.62. The number of nitrogens with one attached hydrogen (secondary N) is 1. The fraction of sp³-hybridized carbons (Fsp3) is 0.625. The van der Waals surface area contributed by atoms with Gasteiger partial charge in [0.25, 0.3) is 0 Å². The van der Waals surface area contributed by atoms with E-state index in [1.807, 2.05) is 0 Å². The summed E-state index contributed by atoms with van der Waals surface area (Å²) in [5.41, 5.74) is 9.15. The monoisotopic (exact) mass is 272 g/mol. The number of pyridine rings is 1. The van der Waals surface area contributed by atoms with Crippen molar-refractivity contribution in [2.75, 3.05) is 18.0 Å². The summed E-state index contributed by atoms with van der Waals surface area (Å²) in [5, 5.41) is 7.87. The molecule has 1 saturated heterocycles. The molecule has 1 aliphatic heterocycles. The third-order valence-electron chi connectivity index (χ3n) is 4.86. The van der Waals surface area contributed by atoms with E-state index in [2.05, 4.69) is 24.8 Å². The highest BCUT2D eigenvalue weighted by Gasteiger charge is 2.29. The first kappa shape index (κ1) is 13.4. The molecule has 4 heteroatoms. The Kier molecular flexibility index (Phi) is 3.40. The van der Waals surface area contributed by atoms with Crippen LogP contribution >= 0.6 is 0 Å². The molecule has 1 fully saturated rings. The predicted molar refractivity (Wildman–Crippen MR) is 82.4 cm³/mol. The molecule has 0 amide bonds. The molecule has 1 aromatic heterocycles. The largest absolute Gasteiger partial charge is 0.384 e. The Bertz CT molecular complexity index is 528. The smallest absolute Gasteiger partial charge is 0.139 e. The van der Waals surface area contributed by atoms with Crippen LogP contribution in [-0.4, -0.2) is 23.9 Å². The van der Waals surface area contributed by atoms with Crippen LogP contribution in [0.1, 0.15) is 43.5 Å². The van der Waals surface area contributed by atoms with Gasteiger partial charge in [-0.1, -0.05) is 13.8 Å². The van der Waals surface area contributed by atoms with Gasteiger partial charge in [0.2, 0.25) is 0 Å². The van der Waals surface area contributed by atoms with E-state index in [0.29, 0.717) is 11.8 Å². The summed E-state index contributed by atoms with van der Waals surface area (Å²) in [4.78, 5) is 7.21. The lowest BCUT2D eigenvalue weighted by molar-refractivity contribution is 0.494.